The zero-order valence-corrected chi connectivity index (χ0v) is 8.80. The predicted molar refractivity (Wildman–Crippen MR) is 60.7 cm³/mol. The summed E-state index contributed by atoms with van der Waals surface area (Å²) in [7, 11) is 0. The molecule has 0 saturated heterocycles. The lowest BCUT2D eigenvalue weighted by Crippen LogP contribution is -2.09. The minimum absolute atomic E-state index is 0.549. The highest BCUT2D eigenvalue weighted by molar-refractivity contribution is 5.53. The van der Waals surface area contributed by atoms with E-state index in [-0.39, 0.29) is 0 Å². The summed E-state index contributed by atoms with van der Waals surface area (Å²) in [5.74, 6) is 0.625. The third kappa shape index (κ3) is 1.63. The van der Waals surface area contributed by atoms with E-state index in [0.29, 0.717) is 17.2 Å². The van der Waals surface area contributed by atoms with E-state index in [1.165, 1.54) is 4.80 Å². The Morgan fingerprint density at radius 2 is 1.88 bits per heavy atom. The van der Waals surface area contributed by atoms with E-state index in [1.54, 1.807) is 41.7 Å². The molecule has 0 saturated carbocycles. The van der Waals surface area contributed by atoms with Crippen LogP contribution in [0.1, 0.15) is 0 Å². The smallest absolute Gasteiger partial charge is 0.181 e. The van der Waals surface area contributed by atoms with E-state index in [1.807, 2.05) is 6.07 Å². The SMILES string of the molecule is Nc1cnc(-n2cccn2)c(-n2nccn2)c1. The van der Waals surface area contributed by atoms with Crippen LogP contribution in [0.15, 0.2) is 43.1 Å². The van der Waals surface area contributed by atoms with Gasteiger partial charge in [-0.15, -0.1) is 4.80 Å². The summed E-state index contributed by atoms with van der Waals surface area (Å²) >= 11 is 0. The molecule has 3 aromatic rings. The lowest BCUT2D eigenvalue weighted by atomic mass is 10.3. The van der Waals surface area contributed by atoms with Crippen molar-refractivity contribution in [3.8, 4) is 11.5 Å². The van der Waals surface area contributed by atoms with Crippen molar-refractivity contribution in [2.45, 2.75) is 0 Å². The van der Waals surface area contributed by atoms with Crippen molar-refractivity contribution in [2.24, 2.45) is 0 Å². The predicted octanol–water partition coefficient (Wildman–Crippen LogP) is 0.430. The van der Waals surface area contributed by atoms with Crippen molar-refractivity contribution in [3.63, 3.8) is 0 Å². The molecule has 0 aliphatic heterocycles. The minimum atomic E-state index is 0.549. The molecule has 3 rings (SSSR count). The Kier molecular flexibility index (Phi) is 2.08. The summed E-state index contributed by atoms with van der Waals surface area (Å²) < 4.78 is 1.64. The number of aromatic nitrogens is 6. The highest BCUT2D eigenvalue weighted by Crippen LogP contribution is 2.16. The molecule has 0 amide bonds. The molecule has 0 aromatic carbocycles. The van der Waals surface area contributed by atoms with Crippen LogP contribution < -0.4 is 5.73 Å². The first kappa shape index (κ1) is 9.52. The van der Waals surface area contributed by atoms with E-state index in [9.17, 15) is 0 Å². The second-order valence-electron chi connectivity index (χ2n) is 3.38. The number of hydrogen-bond acceptors (Lipinski definition) is 5. The minimum Gasteiger partial charge on any atom is -0.397 e. The number of pyridine rings is 1. The number of nitrogens with two attached hydrogens (primary N) is 1. The molecule has 0 spiro atoms. The lowest BCUT2D eigenvalue weighted by Gasteiger charge is -2.07. The highest BCUT2D eigenvalue weighted by atomic mass is 15.5. The Bertz CT molecular complexity index is 612. The molecule has 7 nitrogen and oxygen atoms in total. The molecule has 0 fully saturated rings. The Morgan fingerprint density at radius 1 is 1.06 bits per heavy atom. The van der Waals surface area contributed by atoms with Gasteiger partial charge in [0.25, 0.3) is 0 Å². The Balaban J connectivity index is 2.22. The molecule has 0 aliphatic rings. The maximum absolute atomic E-state index is 5.73. The first-order chi connectivity index (χ1) is 8.34. The van der Waals surface area contributed by atoms with Gasteiger partial charge in [0.1, 0.15) is 5.69 Å². The van der Waals surface area contributed by atoms with Gasteiger partial charge in [0.2, 0.25) is 0 Å². The van der Waals surface area contributed by atoms with E-state index < -0.39 is 0 Å². The van der Waals surface area contributed by atoms with Gasteiger partial charge in [-0.2, -0.15) is 15.3 Å². The fourth-order valence-corrected chi connectivity index (χ4v) is 1.52. The van der Waals surface area contributed by atoms with E-state index in [2.05, 4.69) is 20.3 Å². The molecule has 84 valence electrons. The van der Waals surface area contributed by atoms with Gasteiger partial charge < -0.3 is 5.73 Å². The fraction of sp³-hybridized carbons (Fsp3) is 0. The number of hydrogen-bond donors (Lipinski definition) is 1. The molecule has 3 heterocycles. The Morgan fingerprint density at radius 3 is 2.59 bits per heavy atom. The monoisotopic (exact) mass is 227 g/mol. The molecule has 0 bridgehead atoms. The van der Waals surface area contributed by atoms with Crippen LogP contribution in [0.3, 0.4) is 0 Å². The van der Waals surface area contributed by atoms with Crippen LogP contribution in [-0.4, -0.2) is 29.8 Å². The summed E-state index contributed by atoms with van der Waals surface area (Å²) in [6, 6.07) is 3.57. The van der Waals surface area contributed by atoms with Crippen LogP contribution in [0.25, 0.3) is 11.5 Å². The second kappa shape index (κ2) is 3.71. The molecule has 17 heavy (non-hydrogen) atoms. The van der Waals surface area contributed by atoms with Crippen LogP contribution in [0, 0.1) is 0 Å². The van der Waals surface area contributed by atoms with Crippen LogP contribution in [0.4, 0.5) is 5.69 Å². The van der Waals surface area contributed by atoms with Crippen molar-refractivity contribution >= 4 is 5.69 Å². The van der Waals surface area contributed by atoms with Gasteiger partial charge in [-0.1, -0.05) is 0 Å². The maximum Gasteiger partial charge on any atom is 0.181 e. The van der Waals surface area contributed by atoms with Gasteiger partial charge in [-0.3, -0.25) is 0 Å². The maximum atomic E-state index is 5.73. The lowest BCUT2D eigenvalue weighted by molar-refractivity contribution is 0.726. The first-order valence-corrected chi connectivity index (χ1v) is 4.97. The average molecular weight is 227 g/mol. The largest absolute Gasteiger partial charge is 0.397 e. The summed E-state index contributed by atoms with van der Waals surface area (Å²) in [5, 5.41) is 12.3. The quantitative estimate of drug-likeness (QED) is 0.686. The van der Waals surface area contributed by atoms with Crippen molar-refractivity contribution in [1.29, 1.82) is 0 Å². The van der Waals surface area contributed by atoms with Crippen LogP contribution in [-0.2, 0) is 0 Å². The third-order valence-corrected chi connectivity index (χ3v) is 2.22. The van der Waals surface area contributed by atoms with Gasteiger partial charge in [0.15, 0.2) is 5.82 Å². The fourth-order valence-electron chi connectivity index (χ4n) is 1.52. The molecular formula is C10H9N7. The van der Waals surface area contributed by atoms with E-state index in [4.69, 9.17) is 5.73 Å². The van der Waals surface area contributed by atoms with Crippen molar-refractivity contribution in [2.75, 3.05) is 5.73 Å². The normalized spacial score (nSPS) is 10.6. The third-order valence-electron chi connectivity index (χ3n) is 2.22. The molecule has 0 aliphatic carbocycles. The first-order valence-electron chi connectivity index (χ1n) is 4.97. The summed E-state index contributed by atoms with van der Waals surface area (Å²) in [6.07, 6.45) is 8.24. The van der Waals surface area contributed by atoms with E-state index in [0.717, 1.165) is 0 Å². The van der Waals surface area contributed by atoms with Gasteiger partial charge in [-0.25, -0.2) is 9.67 Å². The summed E-state index contributed by atoms with van der Waals surface area (Å²) in [6.45, 7) is 0. The second-order valence-corrected chi connectivity index (χ2v) is 3.38. The number of nitrogen functional groups attached to an aromatic ring is 1. The van der Waals surface area contributed by atoms with E-state index >= 15 is 0 Å². The Hall–Kier alpha value is -2.70. The number of anilines is 1. The van der Waals surface area contributed by atoms with Crippen LogP contribution >= 0.6 is 0 Å². The molecule has 0 radical (unpaired) electrons. The zero-order chi connectivity index (χ0) is 11.7. The topological polar surface area (TPSA) is 87.4 Å². The molecule has 7 heteroatoms. The molecular weight excluding hydrogens is 218 g/mol. The van der Waals surface area contributed by atoms with Crippen molar-refractivity contribution in [1.82, 2.24) is 29.8 Å². The summed E-state index contributed by atoms with van der Waals surface area (Å²) in [4.78, 5) is 5.71. The zero-order valence-electron chi connectivity index (χ0n) is 8.80. The van der Waals surface area contributed by atoms with Gasteiger partial charge >= 0.3 is 0 Å². The average Bonchev–Trinajstić information content (AvgIpc) is 3.02. The number of rotatable bonds is 2. The van der Waals surface area contributed by atoms with Crippen LogP contribution in [0.2, 0.25) is 0 Å². The molecule has 0 atom stereocenters. The van der Waals surface area contributed by atoms with Crippen LogP contribution in [0.5, 0.6) is 0 Å². The van der Waals surface area contributed by atoms with Gasteiger partial charge in [-0.05, 0) is 12.1 Å². The standard InChI is InChI=1S/C10H9N7/c11-8-6-9(17-14-3-4-15-17)10(12-7-8)16-5-1-2-13-16/h1-7H,11H2. The number of nitrogens with zero attached hydrogens (tertiary/aromatic N) is 6. The Labute approximate surface area is 96.5 Å². The van der Waals surface area contributed by atoms with Gasteiger partial charge in [0.05, 0.1) is 24.3 Å². The van der Waals surface area contributed by atoms with Gasteiger partial charge in [0, 0.05) is 12.4 Å². The van der Waals surface area contributed by atoms with Crippen molar-refractivity contribution in [3.05, 3.63) is 43.1 Å². The molecule has 2 N–H and O–H groups in total. The molecule has 0 unspecified atom stereocenters. The summed E-state index contributed by atoms with van der Waals surface area (Å²) in [5.41, 5.74) is 6.95. The highest BCUT2D eigenvalue weighted by Gasteiger charge is 2.10. The van der Waals surface area contributed by atoms with Crippen molar-refractivity contribution < 1.29 is 0 Å². The molecule has 3 aromatic heterocycles.